The molecule has 1 aliphatic rings. The molecule has 7 nitrogen and oxygen atoms in total. The highest BCUT2D eigenvalue weighted by molar-refractivity contribution is 6.39. The maximum absolute atomic E-state index is 11.8. The van der Waals surface area contributed by atoms with Crippen molar-refractivity contribution < 1.29 is 19.5 Å². The fourth-order valence-electron chi connectivity index (χ4n) is 1.28. The van der Waals surface area contributed by atoms with E-state index in [1.54, 1.807) is 0 Å². The average molecular weight is 237 g/mol. The fourth-order valence-corrected chi connectivity index (χ4v) is 1.28. The molecule has 0 atom stereocenters. The first-order valence-electron chi connectivity index (χ1n) is 4.84. The van der Waals surface area contributed by atoms with Crippen LogP contribution in [0.2, 0.25) is 0 Å². The summed E-state index contributed by atoms with van der Waals surface area (Å²) >= 11 is 0. The Balaban J connectivity index is 2.74. The number of carbonyl (C=O) groups excluding carboxylic acids is 2. The van der Waals surface area contributed by atoms with Crippen molar-refractivity contribution in [2.45, 2.75) is 12.8 Å². The molecule has 0 aliphatic carbocycles. The van der Waals surface area contributed by atoms with E-state index in [-0.39, 0.29) is 31.0 Å². The van der Waals surface area contributed by atoms with Crippen LogP contribution in [-0.2, 0) is 14.4 Å². The fraction of sp³-hybridized carbons (Fsp3) is 0.400. The SMILES string of the molecule is C#CCN(CC(=O)O)C(=O)C1=NNC(=O)CC1. The Morgan fingerprint density at radius 2 is 2.24 bits per heavy atom. The maximum Gasteiger partial charge on any atom is 0.323 e. The third-order valence-corrected chi connectivity index (χ3v) is 2.05. The number of hydrogen-bond acceptors (Lipinski definition) is 4. The molecular weight excluding hydrogens is 226 g/mol. The van der Waals surface area contributed by atoms with Crippen LogP contribution in [0.1, 0.15) is 12.8 Å². The number of carboxylic acids is 1. The molecule has 0 aromatic heterocycles. The van der Waals surface area contributed by atoms with Gasteiger partial charge in [0.2, 0.25) is 5.91 Å². The Morgan fingerprint density at radius 1 is 1.53 bits per heavy atom. The number of terminal acetylenes is 1. The summed E-state index contributed by atoms with van der Waals surface area (Å²) < 4.78 is 0. The van der Waals surface area contributed by atoms with Gasteiger partial charge in [-0.3, -0.25) is 14.4 Å². The minimum atomic E-state index is -1.16. The van der Waals surface area contributed by atoms with Gasteiger partial charge in [0, 0.05) is 12.8 Å². The average Bonchev–Trinajstić information content (AvgIpc) is 2.28. The summed E-state index contributed by atoms with van der Waals surface area (Å²) in [5, 5.41) is 12.2. The van der Waals surface area contributed by atoms with Crippen LogP contribution in [0.5, 0.6) is 0 Å². The lowest BCUT2D eigenvalue weighted by Gasteiger charge is -2.20. The third-order valence-electron chi connectivity index (χ3n) is 2.05. The molecule has 0 fully saturated rings. The van der Waals surface area contributed by atoms with Gasteiger partial charge in [-0.05, 0) is 0 Å². The molecule has 7 heteroatoms. The number of carbonyl (C=O) groups is 3. The number of nitrogens with zero attached hydrogens (tertiary/aromatic N) is 2. The molecule has 1 aliphatic heterocycles. The molecule has 0 saturated heterocycles. The second kappa shape index (κ2) is 5.65. The van der Waals surface area contributed by atoms with E-state index >= 15 is 0 Å². The van der Waals surface area contributed by atoms with Crippen LogP contribution in [0, 0.1) is 12.3 Å². The van der Waals surface area contributed by atoms with Crippen LogP contribution in [-0.4, -0.2) is 46.6 Å². The van der Waals surface area contributed by atoms with Crippen LogP contribution in [0.4, 0.5) is 0 Å². The molecule has 0 aromatic rings. The normalized spacial score (nSPS) is 14.3. The van der Waals surface area contributed by atoms with Crippen LogP contribution < -0.4 is 5.43 Å². The van der Waals surface area contributed by atoms with Crippen molar-refractivity contribution >= 4 is 23.5 Å². The minimum absolute atomic E-state index is 0.112. The number of amides is 2. The van der Waals surface area contributed by atoms with Crippen molar-refractivity contribution in [2.24, 2.45) is 5.10 Å². The topological polar surface area (TPSA) is 99.1 Å². The molecule has 1 rings (SSSR count). The third kappa shape index (κ3) is 3.61. The van der Waals surface area contributed by atoms with E-state index in [0.29, 0.717) is 0 Å². The van der Waals surface area contributed by atoms with Gasteiger partial charge in [-0.25, -0.2) is 5.43 Å². The lowest BCUT2D eigenvalue weighted by atomic mass is 10.1. The molecule has 0 unspecified atom stereocenters. The Morgan fingerprint density at radius 3 is 2.71 bits per heavy atom. The van der Waals surface area contributed by atoms with E-state index in [4.69, 9.17) is 11.5 Å². The molecule has 0 saturated carbocycles. The zero-order chi connectivity index (χ0) is 12.8. The van der Waals surface area contributed by atoms with Gasteiger partial charge in [0.15, 0.2) is 0 Å². The van der Waals surface area contributed by atoms with Gasteiger partial charge in [-0.15, -0.1) is 6.42 Å². The van der Waals surface area contributed by atoms with Gasteiger partial charge in [0.05, 0.1) is 6.54 Å². The molecule has 0 bridgehead atoms. The predicted molar refractivity (Wildman–Crippen MR) is 57.9 cm³/mol. The second-order valence-corrected chi connectivity index (χ2v) is 3.35. The Bertz CT molecular complexity index is 422. The summed E-state index contributed by atoms with van der Waals surface area (Å²) in [7, 11) is 0. The maximum atomic E-state index is 11.8. The van der Waals surface area contributed by atoms with Gasteiger partial charge in [-0.2, -0.15) is 5.10 Å². The molecule has 2 N–H and O–H groups in total. The Kier molecular flexibility index (Phi) is 4.22. The van der Waals surface area contributed by atoms with E-state index in [1.807, 2.05) is 0 Å². The highest BCUT2D eigenvalue weighted by Crippen LogP contribution is 2.03. The Labute approximate surface area is 97.5 Å². The van der Waals surface area contributed by atoms with Crippen LogP contribution in [0.3, 0.4) is 0 Å². The Hall–Kier alpha value is -2.36. The lowest BCUT2D eigenvalue weighted by Crippen LogP contribution is -2.42. The van der Waals surface area contributed by atoms with Crippen molar-refractivity contribution in [3.63, 3.8) is 0 Å². The largest absolute Gasteiger partial charge is 0.480 e. The molecule has 90 valence electrons. The van der Waals surface area contributed by atoms with E-state index < -0.39 is 18.4 Å². The predicted octanol–water partition coefficient (Wildman–Crippen LogP) is -1.20. The standard InChI is InChI=1S/C10H11N3O4/c1-2-5-13(6-9(15)16)10(17)7-3-4-8(14)12-11-7/h1H,3-6H2,(H,12,14)(H,15,16). The lowest BCUT2D eigenvalue weighted by molar-refractivity contribution is -0.141. The summed E-state index contributed by atoms with van der Waals surface area (Å²) in [5.41, 5.74) is 2.28. The quantitative estimate of drug-likeness (QED) is 0.600. The van der Waals surface area contributed by atoms with Crippen molar-refractivity contribution in [2.75, 3.05) is 13.1 Å². The zero-order valence-electron chi connectivity index (χ0n) is 8.97. The van der Waals surface area contributed by atoms with E-state index in [1.165, 1.54) is 0 Å². The van der Waals surface area contributed by atoms with Crippen molar-refractivity contribution in [1.82, 2.24) is 10.3 Å². The van der Waals surface area contributed by atoms with Crippen molar-refractivity contribution in [3.05, 3.63) is 0 Å². The van der Waals surface area contributed by atoms with Gasteiger partial charge in [-0.1, -0.05) is 5.92 Å². The minimum Gasteiger partial charge on any atom is -0.480 e. The number of hydrogen-bond donors (Lipinski definition) is 2. The van der Waals surface area contributed by atoms with Crippen LogP contribution in [0.15, 0.2) is 5.10 Å². The monoisotopic (exact) mass is 237 g/mol. The molecular formula is C10H11N3O4. The summed E-state index contributed by atoms with van der Waals surface area (Å²) in [6.45, 7) is -0.603. The number of aliphatic carboxylic acids is 1. The summed E-state index contributed by atoms with van der Waals surface area (Å²) in [6, 6.07) is 0. The van der Waals surface area contributed by atoms with Gasteiger partial charge in [0.25, 0.3) is 5.91 Å². The summed E-state index contributed by atoms with van der Waals surface area (Å²) in [4.78, 5) is 34.2. The number of rotatable bonds is 4. The van der Waals surface area contributed by atoms with Crippen LogP contribution in [0.25, 0.3) is 0 Å². The highest BCUT2D eigenvalue weighted by atomic mass is 16.4. The number of carboxylic acid groups (broad SMARTS) is 1. The van der Waals surface area contributed by atoms with Gasteiger partial charge >= 0.3 is 5.97 Å². The van der Waals surface area contributed by atoms with E-state index in [9.17, 15) is 14.4 Å². The first-order chi connectivity index (χ1) is 8.04. The molecule has 1 heterocycles. The van der Waals surface area contributed by atoms with Gasteiger partial charge < -0.3 is 10.0 Å². The van der Waals surface area contributed by atoms with Crippen LogP contribution >= 0.6 is 0 Å². The smallest absolute Gasteiger partial charge is 0.323 e. The second-order valence-electron chi connectivity index (χ2n) is 3.35. The van der Waals surface area contributed by atoms with E-state index in [0.717, 1.165) is 4.90 Å². The van der Waals surface area contributed by atoms with Crippen molar-refractivity contribution in [1.29, 1.82) is 0 Å². The first-order valence-corrected chi connectivity index (χ1v) is 4.84. The molecule has 0 radical (unpaired) electrons. The molecule has 17 heavy (non-hydrogen) atoms. The highest BCUT2D eigenvalue weighted by Gasteiger charge is 2.24. The summed E-state index contributed by atoms with van der Waals surface area (Å²) in [6.07, 6.45) is 5.39. The van der Waals surface area contributed by atoms with Gasteiger partial charge in [0.1, 0.15) is 12.3 Å². The van der Waals surface area contributed by atoms with E-state index in [2.05, 4.69) is 16.4 Å². The summed E-state index contributed by atoms with van der Waals surface area (Å²) in [5.74, 6) is 0.204. The number of hydrazone groups is 1. The molecule has 0 spiro atoms. The number of nitrogens with one attached hydrogen (secondary N) is 1. The van der Waals surface area contributed by atoms with Crippen molar-refractivity contribution in [3.8, 4) is 12.3 Å². The first kappa shape index (κ1) is 12.7. The molecule has 0 aromatic carbocycles. The molecule has 2 amide bonds. The zero-order valence-corrected chi connectivity index (χ0v) is 8.97.